The largest absolute Gasteiger partial charge is 0.378 e. The highest BCUT2D eigenvalue weighted by atomic mass is 32.2. The fraction of sp³-hybridized carbons (Fsp3) is 0.348. The smallest absolute Gasteiger partial charge is 0.242 e. The molecule has 0 bridgehead atoms. The van der Waals surface area contributed by atoms with Crippen molar-refractivity contribution in [2.45, 2.75) is 31.0 Å². The van der Waals surface area contributed by atoms with Crippen LogP contribution in [0, 0.1) is 13.8 Å². The molecular weight excluding hydrogens is 368 g/mol. The number of rotatable bonds is 5. The molecule has 0 unspecified atom stereocenters. The van der Waals surface area contributed by atoms with E-state index in [1.165, 1.54) is 27.0 Å². The Bertz CT molecular complexity index is 989. The molecule has 0 spiro atoms. The number of carbonyl (C=O) groups is 1. The predicted octanol–water partition coefficient (Wildman–Crippen LogP) is 4.41. The van der Waals surface area contributed by atoms with Gasteiger partial charge in [-0.05, 0) is 31.0 Å². The highest BCUT2D eigenvalue weighted by Crippen LogP contribution is 2.33. The maximum atomic E-state index is 12.7. The molecule has 28 heavy (non-hydrogen) atoms. The molecular formula is C23H26N2O2S. The molecule has 0 radical (unpaired) electrons. The van der Waals surface area contributed by atoms with Crippen LogP contribution >= 0.6 is 11.8 Å². The lowest BCUT2D eigenvalue weighted by Crippen LogP contribution is -2.42. The molecule has 2 heterocycles. The second-order valence-electron chi connectivity index (χ2n) is 7.35. The zero-order chi connectivity index (χ0) is 19.5. The Morgan fingerprint density at radius 3 is 2.71 bits per heavy atom. The highest BCUT2D eigenvalue weighted by molar-refractivity contribution is 7.98. The minimum atomic E-state index is 0.162. The molecule has 0 atom stereocenters. The number of carbonyl (C=O) groups excluding carboxylic acids is 1. The van der Waals surface area contributed by atoms with E-state index in [0.29, 0.717) is 32.8 Å². The topological polar surface area (TPSA) is 34.5 Å². The molecule has 1 aliphatic rings. The SMILES string of the molecule is Cc1ccc(C)c(CSc2cn(CC(=O)N3CCOCC3)c3ccccc23)c1. The fourth-order valence-corrected chi connectivity index (χ4v) is 4.78. The predicted molar refractivity (Wildman–Crippen MR) is 115 cm³/mol. The van der Waals surface area contributed by atoms with Gasteiger partial charge in [-0.25, -0.2) is 0 Å². The molecule has 0 aliphatic carbocycles. The van der Waals surface area contributed by atoms with Crippen molar-refractivity contribution in [2.24, 2.45) is 0 Å². The molecule has 1 amide bonds. The molecule has 4 nitrogen and oxygen atoms in total. The number of para-hydroxylation sites is 1. The Morgan fingerprint density at radius 1 is 1.11 bits per heavy atom. The first kappa shape index (κ1) is 19.1. The van der Waals surface area contributed by atoms with E-state index in [1.54, 1.807) is 0 Å². The molecule has 3 aromatic rings. The van der Waals surface area contributed by atoms with E-state index in [2.05, 4.69) is 61.0 Å². The average Bonchev–Trinajstić information content (AvgIpc) is 3.07. The summed E-state index contributed by atoms with van der Waals surface area (Å²) in [5.74, 6) is 1.09. The summed E-state index contributed by atoms with van der Waals surface area (Å²) in [5, 5.41) is 1.22. The number of ether oxygens (including phenoxy) is 1. The molecule has 1 fully saturated rings. The van der Waals surface area contributed by atoms with Gasteiger partial charge in [0.25, 0.3) is 0 Å². The van der Waals surface area contributed by atoms with Crippen molar-refractivity contribution in [3.8, 4) is 0 Å². The molecule has 2 aromatic carbocycles. The van der Waals surface area contributed by atoms with E-state index < -0.39 is 0 Å². The molecule has 0 saturated carbocycles. The normalized spacial score (nSPS) is 14.6. The molecule has 146 valence electrons. The summed E-state index contributed by atoms with van der Waals surface area (Å²) in [6.07, 6.45) is 2.14. The van der Waals surface area contributed by atoms with Gasteiger partial charge in [-0.1, -0.05) is 42.0 Å². The summed E-state index contributed by atoms with van der Waals surface area (Å²) >= 11 is 1.84. The number of thioether (sulfide) groups is 1. The summed E-state index contributed by atoms with van der Waals surface area (Å²) in [7, 11) is 0. The minimum Gasteiger partial charge on any atom is -0.378 e. The van der Waals surface area contributed by atoms with Gasteiger partial charge in [0.05, 0.1) is 13.2 Å². The van der Waals surface area contributed by atoms with Crippen LogP contribution in [0.2, 0.25) is 0 Å². The number of fused-ring (bicyclic) bond motifs is 1. The summed E-state index contributed by atoms with van der Waals surface area (Å²) < 4.78 is 7.46. The van der Waals surface area contributed by atoms with Crippen LogP contribution in [0.4, 0.5) is 0 Å². The van der Waals surface area contributed by atoms with Gasteiger partial charge in [-0.15, -0.1) is 11.8 Å². The van der Waals surface area contributed by atoms with Crippen LogP contribution in [-0.2, 0) is 21.8 Å². The van der Waals surface area contributed by atoms with E-state index >= 15 is 0 Å². The van der Waals surface area contributed by atoms with Gasteiger partial charge in [-0.3, -0.25) is 4.79 Å². The van der Waals surface area contributed by atoms with Crippen molar-refractivity contribution in [3.63, 3.8) is 0 Å². The van der Waals surface area contributed by atoms with E-state index in [0.717, 1.165) is 11.3 Å². The number of aromatic nitrogens is 1. The second kappa shape index (κ2) is 8.41. The number of morpholine rings is 1. The quantitative estimate of drug-likeness (QED) is 0.601. The maximum absolute atomic E-state index is 12.7. The third-order valence-corrected chi connectivity index (χ3v) is 6.40. The molecule has 1 aromatic heterocycles. The highest BCUT2D eigenvalue weighted by Gasteiger charge is 2.18. The first-order chi connectivity index (χ1) is 13.6. The Balaban J connectivity index is 1.56. The third kappa shape index (κ3) is 4.10. The van der Waals surface area contributed by atoms with Crippen LogP contribution in [-0.4, -0.2) is 41.7 Å². The van der Waals surface area contributed by atoms with Crippen LogP contribution in [0.5, 0.6) is 0 Å². The number of nitrogens with zero attached hydrogens (tertiary/aromatic N) is 2. The van der Waals surface area contributed by atoms with Crippen LogP contribution in [0.15, 0.2) is 53.6 Å². The van der Waals surface area contributed by atoms with Crippen molar-refractivity contribution < 1.29 is 9.53 Å². The number of hydrogen-bond acceptors (Lipinski definition) is 3. The van der Waals surface area contributed by atoms with E-state index in [9.17, 15) is 4.79 Å². The molecule has 4 rings (SSSR count). The zero-order valence-electron chi connectivity index (χ0n) is 16.5. The Labute approximate surface area is 170 Å². The molecule has 1 saturated heterocycles. The number of benzene rings is 2. The summed E-state index contributed by atoms with van der Waals surface area (Å²) in [6.45, 7) is 7.32. The minimum absolute atomic E-state index is 0.162. The van der Waals surface area contributed by atoms with Gasteiger partial charge in [-0.2, -0.15) is 0 Å². The Morgan fingerprint density at radius 2 is 1.89 bits per heavy atom. The van der Waals surface area contributed by atoms with Gasteiger partial charge >= 0.3 is 0 Å². The Hall–Kier alpha value is -2.24. The van der Waals surface area contributed by atoms with Crippen molar-refractivity contribution in [1.82, 2.24) is 9.47 Å². The summed E-state index contributed by atoms with van der Waals surface area (Å²) in [5.41, 5.74) is 5.10. The lowest BCUT2D eigenvalue weighted by Gasteiger charge is -2.27. The lowest BCUT2D eigenvalue weighted by atomic mass is 10.1. The number of amides is 1. The standard InChI is InChI=1S/C23H26N2O2S/c1-17-7-8-18(2)19(13-17)16-28-22-14-25(21-6-4-3-5-20(21)22)15-23(26)24-9-11-27-12-10-24/h3-8,13-14H,9-12,15-16H2,1-2H3. The first-order valence-electron chi connectivity index (χ1n) is 9.74. The van der Waals surface area contributed by atoms with E-state index in [-0.39, 0.29) is 5.91 Å². The zero-order valence-corrected chi connectivity index (χ0v) is 17.3. The van der Waals surface area contributed by atoms with Gasteiger partial charge in [0.15, 0.2) is 0 Å². The van der Waals surface area contributed by atoms with Gasteiger partial charge < -0.3 is 14.2 Å². The van der Waals surface area contributed by atoms with Gasteiger partial charge in [0.2, 0.25) is 5.91 Å². The van der Waals surface area contributed by atoms with Crippen LogP contribution in [0.1, 0.15) is 16.7 Å². The molecule has 0 N–H and O–H groups in total. The van der Waals surface area contributed by atoms with E-state index in [1.807, 2.05) is 22.7 Å². The third-order valence-electron chi connectivity index (χ3n) is 5.31. The molecule has 5 heteroatoms. The average molecular weight is 395 g/mol. The van der Waals surface area contributed by atoms with Crippen LogP contribution in [0.25, 0.3) is 10.9 Å². The lowest BCUT2D eigenvalue weighted by molar-refractivity contribution is -0.135. The van der Waals surface area contributed by atoms with E-state index in [4.69, 9.17) is 4.74 Å². The Kier molecular flexibility index (Phi) is 5.74. The summed E-state index contributed by atoms with van der Waals surface area (Å²) in [4.78, 5) is 15.9. The van der Waals surface area contributed by atoms with Crippen molar-refractivity contribution in [3.05, 3.63) is 65.4 Å². The first-order valence-corrected chi connectivity index (χ1v) is 10.7. The van der Waals surface area contributed by atoms with Crippen molar-refractivity contribution in [1.29, 1.82) is 0 Å². The monoisotopic (exact) mass is 394 g/mol. The van der Waals surface area contributed by atoms with Gasteiger partial charge in [0.1, 0.15) is 6.54 Å². The number of aryl methyl sites for hydroxylation is 2. The fourth-order valence-electron chi connectivity index (χ4n) is 3.63. The van der Waals surface area contributed by atoms with Crippen molar-refractivity contribution >= 4 is 28.6 Å². The van der Waals surface area contributed by atoms with Gasteiger partial charge in [0, 0.05) is 40.8 Å². The molecule has 1 aliphatic heterocycles. The van der Waals surface area contributed by atoms with Crippen LogP contribution in [0.3, 0.4) is 0 Å². The van der Waals surface area contributed by atoms with Crippen LogP contribution < -0.4 is 0 Å². The summed E-state index contributed by atoms with van der Waals surface area (Å²) in [6, 6.07) is 15.0. The number of hydrogen-bond donors (Lipinski definition) is 0. The second-order valence-corrected chi connectivity index (χ2v) is 8.37. The maximum Gasteiger partial charge on any atom is 0.242 e. The van der Waals surface area contributed by atoms with Crippen molar-refractivity contribution in [2.75, 3.05) is 26.3 Å².